The van der Waals surface area contributed by atoms with Crippen molar-refractivity contribution in [1.82, 2.24) is 0 Å². The summed E-state index contributed by atoms with van der Waals surface area (Å²) in [5.41, 5.74) is 0.566. The van der Waals surface area contributed by atoms with E-state index < -0.39 is 0 Å². The minimum absolute atomic E-state index is 0.275. The van der Waals surface area contributed by atoms with Crippen LogP contribution in [0.1, 0.15) is 5.56 Å². The van der Waals surface area contributed by atoms with Gasteiger partial charge in [-0.2, -0.15) is 5.26 Å². The molecule has 0 aliphatic carbocycles. The van der Waals surface area contributed by atoms with Crippen molar-refractivity contribution in [1.29, 1.82) is 5.26 Å². The molecule has 2 aromatic rings. The molecule has 3 heteroatoms. The van der Waals surface area contributed by atoms with Crippen LogP contribution in [0, 0.1) is 17.1 Å². The lowest BCUT2D eigenvalue weighted by molar-refractivity contribution is 0.629. The van der Waals surface area contributed by atoms with Crippen LogP contribution in [-0.4, -0.2) is 0 Å². The van der Waals surface area contributed by atoms with Crippen molar-refractivity contribution in [2.45, 2.75) is 0 Å². The van der Waals surface area contributed by atoms with E-state index in [0.29, 0.717) is 5.56 Å². The van der Waals surface area contributed by atoms with Gasteiger partial charge in [-0.05, 0) is 35.0 Å². The number of rotatable bonds is 0. The molecule has 0 bridgehead atoms. The topological polar surface area (TPSA) is 23.8 Å². The fraction of sp³-hybridized carbons (Fsp3) is 0. The molecule has 0 N–H and O–H groups in total. The zero-order chi connectivity index (χ0) is 10.1. The van der Waals surface area contributed by atoms with Crippen LogP contribution in [0.2, 0.25) is 0 Å². The average Bonchev–Trinajstić information content (AvgIpc) is 2.19. The summed E-state index contributed by atoms with van der Waals surface area (Å²) in [6, 6.07) is 9.96. The average molecular weight is 250 g/mol. The molecule has 0 aromatic heterocycles. The highest BCUT2D eigenvalue weighted by Crippen LogP contribution is 2.26. The highest BCUT2D eigenvalue weighted by atomic mass is 79.9. The van der Waals surface area contributed by atoms with E-state index in [1.807, 2.05) is 0 Å². The Morgan fingerprint density at radius 3 is 2.71 bits per heavy atom. The molecular weight excluding hydrogens is 245 g/mol. The van der Waals surface area contributed by atoms with Crippen molar-refractivity contribution in [3.05, 3.63) is 46.2 Å². The molecule has 68 valence electrons. The molecule has 1 nitrogen and oxygen atoms in total. The Balaban J connectivity index is 2.84. The third-order valence-corrected chi connectivity index (χ3v) is 2.65. The number of nitrogens with zero attached hydrogens (tertiary/aromatic N) is 1. The molecule has 0 atom stereocenters. The van der Waals surface area contributed by atoms with Gasteiger partial charge in [0.1, 0.15) is 5.82 Å². The monoisotopic (exact) mass is 249 g/mol. The predicted molar refractivity (Wildman–Crippen MR) is 56.3 cm³/mol. The zero-order valence-corrected chi connectivity index (χ0v) is 8.68. The second kappa shape index (κ2) is 3.39. The number of halogens is 2. The summed E-state index contributed by atoms with van der Waals surface area (Å²) < 4.78 is 13.7. The summed E-state index contributed by atoms with van der Waals surface area (Å²) in [6.45, 7) is 0. The molecule has 14 heavy (non-hydrogen) atoms. The second-order valence-electron chi connectivity index (χ2n) is 2.94. The highest BCUT2D eigenvalue weighted by molar-refractivity contribution is 9.10. The number of hydrogen-bond donors (Lipinski definition) is 0. The predicted octanol–water partition coefficient (Wildman–Crippen LogP) is 3.61. The second-order valence-corrected chi connectivity index (χ2v) is 3.79. The van der Waals surface area contributed by atoms with Gasteiger partial charge in [0.25, 0.3) is 0 Å². The lowest BCUT2D eigenvalue weighted by Gasteiger charge is -2.01. The first-order chi connectivity index (χ1) is 6.70. The lowest BCUT2D eigenvalue weighted by atomic mass is 10.1. The largest absolute Gasteiger partial charge is 0.207 e. The van der Waals surface area contributed by atoms with Crippen molar-refractivity contribution < 1.29 is 4.39 Å². The van der Waals surface area contributed by atoms with Gasteiger partial charge in [-0.25, -0.2) is 4.39 Å². The first-order valence-corrected chi connectivity index (χ1v) is 4.79. The first kappa shape index (κ1) is 9.17. The van der Waals surface area contributed by atoms with Gasteiger partial charge in [0.15, 0.2) is 0 Å². The van der Waals surface area contributed by atoms with E-state index in [1.165, 1.54) is 12.1 Å². The molecule has 0 aliphatic heterocycles. The van der Waals surface area contributed by atoms with Gasteiger partial charge in [-0.1, -0.05) is 22.0 Å². The summed E-state index contributed by atoms with van der Waals surface area (Å²) in [6.07, 6.45) is 0. The normalized spacial score (nSPS) is 10.1. The van der Waals surface area contributed by atoms with E-state index in [1.54, 1.807) is 18.2 Å². The Hall–Kier alpha value is -1.40. The van der Waals surface area contributed by atoms with Crippen molar-refractivity contribution in [2.24, 2.45) is 0 Å². The van der Waals surface area contributed by atoms with Crippen LogP contribution in [-0.2, 0) is 0 Å². The summed E-state index contributed by atoms with van der Waals surface area (Å²) in [7, 11) is 0. The fourth-order valence-corrected chi connectivity index (χ4v) is 1.94. The third-order valence-electron chi connectivity index (χ3n) is 1.99. The maximum atomic E-state index is 12.9. The molecule has 0 heterocycles. The summed E-state index contributed by atoms with van der Waals surface area (Å²) in [5, 5.41) is 10.4. The van der Waals surface area contributed by atoms with E-state index in [4.69, 9.17) is 5.26 Å². The zero-order valence-electron chi connectivity index (χ0n) is 7.09. The Morgan fingerprint density at radius 2 is 2.00 bits per heavy atom. The number of hydrogen-bond acceptors (Lipinski definition) is 1. The lowest BCUT2D eigenvalue weighted by Crippen LogP contribution is -1.81. The van der Waals surface area contributed by atoms with Crippen LogP contribution in [0.15, 0.2) is 34.8 Å². The molecule has 0 saturated carbocycles. The van der Waals surface area contributed by atoms with Crippen molar-refractivity contribution in [3.8, 4) is 6.07 Å². The van der Waals surface area contributed by atoms with E-state index >= 15 is 0 Å². The van der Waals surface area contributed by atoms with Crippen LogP contribution in [0.4, 0.5) is 4.39 Å². The van der Waals surface area contributed by atoms with Gasteiger partial charge in [-0.3, -0.25) is 0 Å². The third kappa shape index (κ3) is 1.49. The molecule has 0 amide bonds. The molecule has 0 unspecified atom stereocenters. The van der Waals surface area contributed by atoms with E-state index in [0.717, 1.165) is 15.2 Å². The molecule has 0 aliphatic rings. The number of nitriles is 1. The number of fused-ring (bicyclic) bond motifs is 1. The standard InChI is InChI=1S/C11H5BrFN/c12-11-4-7(6-14)3-8-1-2-9(13)5-10(8)11/h1-5H. The summed E-state index contributed by atoms with van der Waals surface area (Å²) in [4.78, 5) is 0. The van der Waals surface area contributed by atoms with Crippen molar-refractivity contribution in [2.75, 3.05) is 0 Å². The van der Waals surface area contributed by atoms with Gasteiger partial charge < -0.3 is 0 Å². The van der Waals surface area contributed by atoms with Crippen LogP contribution in [0.5, 0.6) is 0 Å². The Kier molecular flexibility index (Phi) is 2.22. The highest BCUT2D eigenvalue weighted by Gasteiger charge is 2.02. The Labute approximate surface area is 88.9 Å². The number of benzene rings is 2. The van der Waals surface area contributed by atoms with Crippen molar-refractivity contribution in [3.63, 3.8) is 0 Å². The smallest absolute Gasteiger partial charge is 0.123 e. The van der Waals surface area contributed by atoms with Gasteiger partial charge in [0.05, 0.1) is 11.6 Å². The van der Waals surface area contributed by atoms with Gasteiger partial charge in [-0.15, -0.1) is 0 Å². The fourth-order valence-electron chi connectivity index (χ4n) is 1.35. The van der Waals surface area contributed by atoms with Crippen molar-refractivity contribution >= 4 is 26.7 Å². The van der Waals surface area contributed by atoms with Gasteiger partial charge in [0, 0.05) is 4.47 Å². The van der Waals surface area contributed by atoms with E-state index in [2.05, 4.69) is 22.0 Å². The SMILES string of the molecule is N#Cc1cc(Br)c2cc(F)ccc2c1. The maximum Gasteiger partial charge on any atom is 0.123 e. The van der Waals surface area contributed by atoms with Crippen LogP contribution in [0.25, 0.3) is 10.8 Å². The summed E-state index contributed by atoms with van der Waals surface area (Å²) >= 11 is 3.30. The molecule has 0 radical (unpaired) electrons. The maximum absolute atomic E-state index is 12.9. The van der Waals surface area contributed by atoms with Crippen LogP contribution in [0.3, 0.4) is 0 Å². The molecule has 0 spiro atoms. The van der Waals surface area contributed by atoms with Crippen LogP contribution >= 0.6 is 15.9 Å². The van der Waals surface area contributed by atoms with E-state index in [9.17, 15) is 4.39 Å². The molecule has 2 rings (SSSR count). The molecule has 0 fully saturated rings. The minimum Gasteiger partial charge on any atom is -0.207 e. The molecule has 2 aromatic carbocycles. The summed E-state index contributed by atoms with van der Waals surface area (Å²) in [5.74, 6) is -0.275. The minimum atomic E-state index is -0.275. The van der Waals surface area contributed by atoms with Gasteiger partial charge >= 0.3 is 0 Å². The van der Waals surface area contributed by atoms with Crippen LogP contribution < -0.4 is 0 Å². The molecular formula is C11H5BrFN. The quantitative estimate of drug-likeness (QED) is 0.700. The molecule has 0 saturated heterocycles. The van der Waals surface area contributed by atoms with Gasteiger partial charge in [0.2, 0.25) is 0 Å². The van der Waals surface area contributed by atoms with E-state index in [-0.39, 0.29) is 5.82 Å². The first-order valence-electron chi connectivity index (χ1n) is 3.99. The Morgan fingerprint density at radius 1 is 1.21 bits per heavy atom. The Bertz CT molecular complexity index is 543.